The fourth-order valence-electron chi connectivity index (χ4n) is 3.82. The number of aromatic amines is 1. The lowest BCUT2D eigenvalue weighted by Crippen LogP contribution is -2.44. The number of rotatable bonds is 2. The van der Waals surface area contributed by atoms with Crippen LogP contribution in [0.4, 0.5) is 5.95 Å². The number of nitrogens with zero attached hydrogens (tertiary/aromatic N) is 2. The Morgan fingerprint density at radius 3 is 2.56 bits per heavy atom. The Morgan fingerprint density at radius 2 is 1.80 bits per heavy atom. The zero-order chi connectivity index (χ0) is 17.3. The van der Waals surface area contributed by atoms with Gasteiger partial charge in [-0.1, -0.05) is 30.3 Å². The molecule has 0 saturated carbocycles. The van der Waals surface area contributed by atoms with Crippen LogP contribution in [-0.2, 0) is 18.4 Å². The highest BCUT2D eigenvalue weighted by Gasteiger charge is 2.34. The molecular weight excluding hydrogens is 316 g/mol. The third-order valence-electron chi connectivity index (χ3n) is 5.38. The van der Waals surface area contributed by atoms with Crippen LogP contribution in [0.15, 0.2) is 35.1 Å². The Kier molecular flexibility index (Phi) is 4.31. The SMILES string of the molecule is O=c1[nH]c(N2CCC(O)(c3ccccc3)CC2)nc2c1CCNCC2. The number of nitrogens with one attached hydrogen (secondary N) is 2. The lowest BCUT2D eigenvalue weighted by Gasteiger charge is -2.38. The van der Waals surface area contributed by atoms with Crippen molar-refractivity contribution in [3.05, 3.63) is 57.5 Å². The Balaban J connectivity index is 1.54. The molecule has 0 radical (unpaired) electrons. The smallest absolute Gasteiger partial charge is 0.255 e. The van der Waals surface area contributed by atoms with Crippen LogP contribution >= 0.6 is 0 Å². The second kappa shape index (κ2) is 6.61. The van der Waals surface area contributed by atoms with Crippen LogP contribution in [-0.4, -0.2) is 41.3 Å². The third kappa shape index (κ3) is 3.19. The number of H-pyrrole nitrogens is 1. The molecule has 1 aromatic heterocycles. The molecule has 0 aliphatic carbocycles. The first-order valence-electron chi connectivity index (χ1n) is 9.01. The molecule has 0 amide bonds. The number of benzene rings is 1. The van der Waals surface area contributed by atoms with E-state index >= 15 is 0 Å². The van der Waals surface area contributed by atoms with Gasteiger partial charge in [-0.15, -0.1) is 0 Å². The summed E-state index contributed by atoms with van der Waals surface area (Å²) in [5.74, 6) is 0.640. The van der Waals surface area contributed by atoms with Crippen LogP contribution in [0.2, 0.25) is 0 Å². The molecule has 25 heavy (non-hydrogen) atoms. The zero-order valence-corrected chi connectivity index (χ0v) is 14.3. The second-order valence-corrected chi connectivity index (χ2v) is 6.95. The number of anilines is 1. The molecule has 1 fully saturated rings. The molecule has 0 unspecified atom stereocenters. The van der Waals surface area contributed by atoms with E-state index in [9.17, 15) is 9.90 Å². The minimum atomic E-state index is -0.798. The van der Waals surface area contributed by atoms with Crippen LogP contribution in [0.3, 0.4) is 0 Å². The van der Waals surface area contributed by atoms with Gasteiger partial charge in [-0.25, -0.2) is 4.98 Å². The number of hydrogen-bond acceptors (Lipinski definition) is 5. The topological polar surface area (TPSA) is 81.2 Å². The van der Waals surface area contributed by atoms with Crippen molar-refractivity contribution in [2.75, 3.05) is 31.1 Å². The number of hydrogen-bond donors (Lipinski definition) is 3. The van der Waals surface area contributed by atoms with Crippen LogP contribution in [0.25, 0.3) is 0 Å². The predicted molar refractivity (Wildman–Crippen MR) is 96.9 cm³/mol. The van der Waals surface area contributed by atoms with Crippen molar-refractivity contribution in [2.45, 2.75) is 31.3 Å². The summed E-state index contributed by atoms with van der Waals surface area (Å²) in [5, 5.41) is 14.3. The van der Waals surface area contributed by atoms with Crippen molar-refractivity contribution in [1.29, 1.82) is 0 Å². The summed E-state index contributed by atoms with van der Waals surface area (Å²) in [4.78, 5) is 22.2. The summed E-state index contributed by atoms with van der Waals surface area (Å²) >= 11 is 0. The van der Waals surface area contributed by atoms with Crippen LogP contribution < -0.4 is 15.8 Å². The first kappa shape index (κ1) is 16.3. The van der Waals surface area contributed by atoms with Crippen LogP contribution in [0.1, 0.15) is 29.7 Å². The van der Waals surface area contributed by atoms with Gasteiger partial charge >= 0.3 is 0 Å². The molecule has 1 aromatic carbocycles. The van der Waals surface area contributed by atoms with Gasteiger partial charge in [0, 0.05) is 31.6 Å². The molecule has 3 N–H and O–H groups in total. The predicted octanol–water partition coefficient (Wildman–Crippen LogP) is 0.946. The summed E-state index contributed by atoms with van der Waals surface area (Å²) < 4.78 is 0. The highest BCUT2D eigenvalue weighted by Crippen LogP contribution is 2.33. The molecular formula is C19H24N4O2. The molecule has 0 bridgehead atoms. The van der Waals surface area contributed by atoms with E-state index < -0.39 is 5.60 Å². The highest BCUT2D eigenvalue weighted by molar-refractivity contribution is 5.36. The third-order valence-corrected chi connectivity index (χ3v) is 5.38. The zero-order valence-electron chi connectivity index (χ0n) is 14.3. The fraction of sp³-hybridized carbons (Fsp3) is 0.474. The average Bonchev–Trinajstić information content (AvgIpc) is 2.89. The summed E-state index contributed by atoms with van der Waals surface area (Å²) in [6, 6.07) is 9.83. The summed E-state index contributed by atoms with van der Waals surface area (Å²) in [7, 11) is 0. The van der Waals surface area contributed by atoms with Crippen molar-refractivity contribution in [1.82, 2.24) is 15.3 Å². The molecule has 2 aliphatic heterocycles. The molecule has 0 atom stereocenters. The number of piperidine rings is 1. The maximum Gasteiger partial charge on any atom is 0.255 e. The lowest BCUT2D eigenvalue weighted by atomic mass is 9.84. The molecule has 3 heterocycles. The van der Waals surface area contributed by atoms with E-state index in [1.54, 1.807) is 0 Å². The van der Waals surface area contributed by atoms with Gasteiger partial charge in [0.1, 0.15) is 0 Å². The van der Waals surface area contributed by atoms with E-state index in [2.05, 4.69) is 15.2 Å². The maximum atomic E-state index is 12.4. The van der Waals surface area contributed by atoms with E-state index in [1.165, 1.54) is 0 Å². The van der Waals surface area contributed by atoms with E-state index in [0.717, 1.165) is 42.8 Å². The fourth-order valence-corrected chi connectivity index (χ4v) is 3.82. The van der Waals surface area contributed by atoms with Crippen molar-refractivity contribution in [3.63, 3.8) is 0 Å². The largest absolute Gasteiger partial charge is 0.385 e. The van der Waals surface area contributed by atoms with Crippen molar-refractivity contribution in [3.8, 4) is 0 Å². The second-order valence-electron chi connectivity index (χ2n) is 6.95. The molecule has 2 aromatic rings. The normalized spacial score (nSPS) is 20.0. The van der Waals surface area contributed by atoms with Gasteiger partial charge in [0.2, 0.25) is 5.95 Å². The maximum absolute atomic E-state index is 12.4. The van der Waals surface area contributed by atoms with Crippen molar-refractivity contribution >= 4 is 5.95 Å². The number of aliphatic hydroxyl groups is 1. The highest BCUT2D eigenvalue weighted by atomic mass is 16.3. The minimum Gasteiger partial charge on any atom is -0.385 e. The summed E-state index contributed by atoms with van der Waals surface area (Å²) in [5.41, 5.74) is 1.86. The van der Waals surface area contributed by atoms with Crippen LogP contribution in [0.5, 0.6) is 0 Å². The first-order valence-corrected chi connectivity index (χ1v) is 9.01. The molecule has 4 rings (SSSR count). The summed E-state index contributed by atoms with van der Waals surface area (Å²) in [6.45, 7) is 3.03. The average molecular weight is 340 g/mol. The first-order chi connectivity index (χ1) is 12.2. The standard InChI is InChI=1S/C19H24N4O2/c24-17-15-6-10-20-11-7-16(15)21-18(22-17)23-12-8-19(25,9-13-23)14-4-2-1-3-5-14/h1-5,20,25H,6-13H2,(H,21,22,24). The number of aromatic nitrogens is 2. The molecule has 6 nitrogen and oxygen atoms in total. The van der Waals surface area contributed by atoms with Gasteiger partial charge in [0.05, 0.1) is 11.3 Å². The van der Waals surface area contributed by atoms with Gasteiger partial charge in [0.15, 0.2) is 0 Å². The molecule has 0 spiro atoms. The summed E-state index contributed by atoms with van der Waals surface area (Å²) in [6.07, 6.45) is 2.76. The van der Waals surface area contributed by atoms with Crippen molar-refractivity contribution in [2.24, 2.45) is 0 Å². The van der Waals surface area contributed by atoms with Crippen molar-refractivity contribution < 1.29 is 5.11 Å². The van der Waals surface area contributed by atoms with Gasteiger partial charge in [0.25, 0.3) is 5.56 Å². The molecule has 1 saturated heterocycles. The van der Waals surface area contributed by atoms with Crippen LogP contribution in [0, 0.1) is 0 Å². The quantitative estimate of drug-likeness (QED) is 0.758. The lowest BCUT2D eigenvalue weighted by molar-refractivity contribution is 0.0115. The van der Waals surface area contributed by atoms with E-state index in [1.807, 2.05) is 30.3 Å². The molecule has 132 valence electrons. The molecule has 6 heteroatoms. The van der Waals surface area contributed by atoms with Gasteiger partial charge in [-0.05, 0) is 31.4 Å². The molecule has 2 aliphatic rings. The number of fused-ring (bicyclic) bond motifs is 1. The minimum absolute atomic E-state index is 0.0207. The monoisotopic (exact) mass is 340 g/mol. The van der Waals surface area contributed by atoms with E-state index in [4.69, 9.17) is 4.98 Å². The Hall–Kier alpha value is -2.18. The Labute approximate surface area is 146 Å². The Bertz CT molecular complexity index is 795. The van der Waals surface area contributed by atoms with Gasteiger partial charge in [-0.2, -0.15) is 0 Å². The van der Waals surface area contributed by atoms with Gasteiger partial charge in [-0.3, -0.25) is 9.78 Å². The van der Waals surface area contributed by atoms with Gasteiger partial charge < -0.3 is 15.3 Å². The van der Waals surface area contributed by atoms with E-state index in [0.29, 0.717) is 31.9 Å². The van der Waals surface area contributed by atoms with E-state index in [-0.39, 0.29) is 5.56 Å². The Morgan fingerprint density at radius 1 is 1.08 bits per heavy atom.